The molecule has 0 saturated carbocycles. The molecule has 0 atom stereocenters. The van der Waals surface area contributed by atoms with Gasteiger partial charge in [-0.1, -0.05) is 17.5 Å². The highest BCUT2D eigenvalue weighted by atomic mass is 19.4. The van der Waals surface area contributed by atoms with Crippen LogP contribution in [0.25, 0.3) is 0 Å². The van der Waals surface area contributed by atoms with Crippen molar-refractivity contribution in [2.24, 2.45) is 0 Å². The molecule has 1 aliphatic heterocycles. The Morgan fingerprint density at radius 1 is 1.24 bits per heavy atom. The van der Waals surface area contributed by atoms with Gasteiger partial charge in [0.15, 0.2) is 0 Å². The van der Waals surface area contributed by atoms with Gasteiger partial charge >= 0.3 is 6.18 Å². The van der Waals surface area contributed by atoms with E-state index in [1.807, 2.05) is 0 Å². The summed E-state index contributed by atoms with van der Waals surface area (Å²) in [7, 11) is 0. The van der Waals surface area contributed by atoms with E-state index in [0.717, 1.165) is 0 Å². The highest BCUT2D eigenvalue weighted by Crippen LogP contribution is 2.43. The molecule has 0 aliphatic carbocycles. The van der Waals surface area contributed by atoms with Crippen molar-refractivity contribution in [3.8, 4) is 0 Å². The predicted molar refractivity (Wildman–Crippen MR) is 73.2 cm³/mol. The first kappa shape index (κ1) is 15.9. The van der Waals surface area contributed by atoms with E-state index in [9.17, 15) is 17.7 Å². The third-order valence-electron chi connectivity index (χ3n) is 3.34. The summed E-state index contributed by atoms with van der Waals surface area (Å²) in [5, 5.41) is 0.173. The largest absolute Gasteiger partial charge is 0.420 e. The highest BCUT2D eigenvalue weighted by molar-refractivity contribution is 5.68. The minimum Gasteiger partial charge on any atom is -0.378 e. The van der Waals surface area contributed by atoms with Crippen molar-refractivity contribution in [1.82, 2.24) is 0 Å². The van der Waals surface area contributed by atoms with Gasteiger partial charge < -0.3 is 9.64 Å². The Labute approximate surface area is 121 Å². The molecule has 3 nitrogen and oxygen atoms in total. The van der Waals surface area contributed by atoms with Crippen molar-refractivity contribution in [1.29, 1.82) is 0 Å². The number of morpholine rings is 1. The first-order chi connectivity index (χ1) is 9.95. The zero-order valence-corrected chi connectivity index (χ0v) is 11.8. The normalized spacial score (nSPS) is 16.1. The zero-order chi connectivity index (χ0) is 15.5. The monoisotopic (exact) mass is 306 g/mol. The lowest BCUT2D eigenvalue weighted by atomic mass is 10.1. The number of ether oxygens (including phenoxy) is 1. The third kappa shape index (κ3) is 3.58. The topological polar surface area (TPSA) is 15.7 Å². The van der Waals surface area contributed by atoms with Crippen LogP contribution >= 0.6 is 0 Å². The van der Waals surface area contributed by atoms with Crippen LogP contribution in [0.4, 0.5) is 29.0 Å². The maximum Gasteiger partial charge on any atom is 0.420 e. The Hall–Kier alpha value is -1.50. The second kappa shape index (κ2) is 6.51. The summed E-state index contributed by atoms with van der Waals surface area (Å²) in [6.45, 7) is 3.12. The minimum absolute atomic E-state index is 0.0158. The lowest BCUT2D eigenvalue weighted by molar-refractivity contribution is -0.136. The van der Waals surface area contributed by atoms with Gasteiger partial charge in [-0.2, -0.15) is 13.2 Å². The van der Waals surface area contributed by atoms with Crippen molar-refractivity contribution in [3.63, 3.8) is 0 Å². The van der Waals surface area contributed by atoms with Crippen molar-refractivity contribution < 1.29 is 22.4 Å². The van der Waals surface area contributed by atoms with Crippen LogP contribution in [-0.4, -0.2) is 32.8 Å². The number of alkyl halides is 3. The molecular weight excluding hydrogens is 288 g/mol. The van der Waals surface area contributed by atoms with Crippen LogP contribution in [0.15, 0.2) is 18.2 Å². The fraction of sp³-hybridized carbons (Fsp3) is 0.571. The lowest BCUT2D eigenvalue weighted by Crippen LogP contribution is -2.37. The number of hydrogen-bond acceptors (Lipinski definition) is 3. The zero-order valence-electron chi connectivity index (χ0n) is 11.8. The molecule has 1 aromatic rings. The minimum atomic E-state index is -4.61. The predicted octanol–water partition coefficient (Wildman–Crippen LogP) is 3.64. The van der Waals surface area contributed by atoms with E-state index in [1.165, 1.54) is 18.2 Å². The van der Waals surface area contributed by atoms with Crippen LogP contribution in [0.1, 0.15) is 18.9 Å². The van der Waals surface area contributed by atoms with Gasteiger partial charge in [-0.15, -0.1) is 0 Å². The molecular formula is C14H18F4N2O. The van der Waals surface area contributed by atoms with Crippen LogP contribution in [0.2, 0.25) is 0 Å². The van der Waals surface area contributed by atoms with Gasteiger partial charge in [0.05, 0.1) is 31.1 Å². The SMILES string of the molecule is CCCN(F)c1cccc(N2CCOCC2)c1C(F)(F)F. The van der Waals surface area contributed by atoms with E-state index in [-0.39, 0.29) is 17.4 Å². The number of nitrogens with zero attached hydrogens (tertiary/aromatic N) is 2. The Morgan fingerprint density at radius 2 is 1.90 bits per heavy atom. The maximum absolute atomic E-state index is 14.0. The second-order valence-electron chi connectivity index (χ2n) is 4.85. The van der Waals surface area contributed by atoms with E-state index in [2.05, 4.69) is 0 Å². The van der Waals surface area contributed by atoms with E-state index in [4.69, 9.17) is 4.74 Å². The lowest BCUT2D eigenvalue weighted by Gasteiger charge is -2.32. The summed E-state index contributed by atoms with van der Waals surface area (Å²) in [6.07, 6.45) is -4.18. The van der Waals surface area contributed by atoms with Gasteiger partial charge in [0.2, 0.25) is 0 Å². The van der Waals surface area contributed by atoms with Crippen LogP contribution in [0.3, 0.4) is 0 Å². The smallest absolute Gasteiger partial charge is 0.378 e. The second-order valence-corrected chi connectivity index (χ2v) is 4.85. The van der Waals surface area contributed by atoms with Crippen molar-refractivity contribution in [3.05, 3.63) is 23.8 Å². The third-order valence-corrected chi connectivity index (χ3v) is 3.34. The fourth-order valence-electron chi connectivity index (χ4n) is 2.41. The first-order valence-electron chi connectivity index (χ1n) is 6.91. The molecule has 0 unspecified atom stereocenters. The van der Waals surface area contributed by atoms with Crippen LogP contribution in [-0.2, 0) is 10.9 Å². The molecule has 1 aromatic carbocycles. The molecule has 0 spiro atoms. The summed E-state index contributed by atoms with van der Waals surface area (Å²) < 4.78 is 59.4. The van der Waals surface area contributed by atoms with Gasteiger partial charge in [-0.3, -0.25) is 0 Å². The van der Waals surface area contributed by atoms with Crippen molar-refractivity contribution in [2.75, 3.05) is 42.9 Å². The molecule has 118 valence electrons. The van der Waals surface area contributed by atoms with Gasteiger partial charge in [0.25, 0.3) is 0 Å². The quantitative estimate of drug-likeness (QED) is 0.624. The van der Waals surface area contributed by atoms with Gasteiger partial charge in [-0.25, -0.2) is 5.12 Å². The molecule has 0 aromatic heterocycles. The molecule has 0 N–H and O–H groups in total. The van der Waals surface area contributed by atoms with Crippen molar-refractivity contribution in [2.45, 2.75) is 19.5 Å². The van der Waals surface area contributed by atoms with E-state index in [0.29, 0.717) is 32.7 Å². The summed E-state index contributed by atoms with van der Waals surface area (Å²) in [5.74, 6) is 0. The maximum atomic E-state index is 14.0. The molecule has 1 aliphatic rings. The Balaban J connectivity index is 2.46. The molecule has 2 rings (SSSR count). The van der Waals surface area contributed by atoms with E-state index < -0.39 is 17.4 Å². The average molecular weight is 306 g/mol. The van der Waals surface area contributed by atoms with Crippen LogP contribution < -0.4 is 10.0 Å². The Kier molecular flexibility index (Phi) is 4.92. The van der Waals surface area contributed by atoms with Gasteiger partial charge in [-0.05, 0) is 18.6 Å². The highest BCUT2D eigenvalue weighted by Gasteiger charge is 2.39. The molecule has 0 radical (unpaired) electrons. The van der Waals surface area contributed by atoms with Crippen LogP contribution in [0, 0.1) is 0 Å². The van der Waals surface area contributed by atoms with E-state index >= 15 is 0 Å². The fourth-order valence-corrected chi connectivity index (χ4v) is 2.41. The van der Waals surface area contributed by atoms with Crippen LogP contribution in [0.5, 0.6) is 0 Å². The molecule has 21 heavy (non-hydrogen) atoms. The summed E-state index contributed by atoms with van der Waals surface area (Å²) >= 11 is 0. The first-order valence-corrected chi connectivity index (χ1v) is 6.91. The molecule has 1 saturated heterocycles. The number of rotatable bonds is 4. The van der Waals surface area contributed by atoms with Crippen molar-refractivity contribution >= 4 is 11.4 Å². The molecule has 0 amide bonds. The molecule has 1 heterocycles. The molecule has 1 fully saturated rings. The number of halogens is 4. The standard InChI is InChI=1S/C14H18F4N2O/c1-2-6-20(18)12-5-3-4-11(13(12)14(15,16)17)19-7-9-21-10-8-19/h3-5H,2,6-10H2,1H3. The molecule has 7 heteroatoms. The summed E-state index contributed by atoms with van der Waals surface area (Å²) in [4.78, 5) is 1.59. The Bertz CT molecular complexity index is 473. The Morgan fingerprint density at radius 3 is 2.48 bits per heavy atom. The summed E-state index contributed by atoms with van der Waals surface area (Å²) in [6, 6.07) is 4.01. The molecule has 0 bridgehead atoms. The summed E-state index contributed by atoms with van der Waals surface area (Å²) in [5.41, 5.74) is -1.32. The average Bonchev–Trinajstić information content (AvgIpc) is 2.46. The van der Waals surface area contributed by atoms with Gasteiger partial charge in [0.1, 0.15) is 5.56 Å². The number of hydrogen-bond donors (Lipinski definition) is 0. The van der Waals surface area contributed by atoms with Gasteiger partial charge in [0, 0.05) is 13.1 Å². The number of anilines is 2. The number of benzene rings is 1. The van der Waals surface area contributed by atoms with E-state index in [1.54, 1.807) is 11.8 Å².